The molecule has 4 nitrogen and oxygen atoms in total. The monoisotopic (exact) mass is 338 g/mol. The van der Waals surface area contributed by atoms with Gasteiger partial charge in [-0.2, -0.15) is 8.78 Å². The van der Waals surface area contributed by atoms with Gasteiger partial charge in [-0.3, -0.25) is 9.59 Å². The molecule has 120 valence electrons. The third kappa shape index (κ3) is 4.04. The van der Waals surface area contributed by atoms with Crippen LogP contribution in [0.15, 0.2) is 48.5 Å². The molecule has 2 rings (SSSR count). The normalized spacial score (nSPS) is 11.0. The number of carbonyl (C=O) groups is 2. The van der Waals surface area contributed by atoms with E-state index >= 15 is 0 Å². The predicted octanol–water partition coefficient (Wildman–Crippen LogP) is 4.03. The summed E-state index contributed by atoms with van der Waals surface area (Å²) in [6.45, 7) is 1.20. The van der Waals surface area contributed by atoms with E-state index in [1.807, 2.05) is 0 Å². The Bertz CT molecular complexity index is 733. The summed E-state index contributed by atoms with van der Waals surface area (Å²) >= 11 is 5.70. The Labute approximate surface area is 136 Å². The molecule has 7 heteroatoms. The fourth-order valence-corrected chi connectivity index (χ4v) is 2.05. The maximum Gasteiger partial charge on any atom is 0.352 e. The van der Waals surface area contributed by atoms with Crippen LogP contribution in [0.4, 0.5) is 20.2 Å². The number of alkyl halides is 2. The van der Waals surface area contributed by atoms with Crippen LogP contribution in [0.1, 0.15) is 12.5 Å². The quantitative estimate of drug-likeness (QED) is 0.884. The van der Waals surface area contributed by atoms with Gasteiger partial charge in [0.05, 0.1) is 11.3 Å². The minimum atomic E-state index is -3.82. The van der Waals surface area contributed by atoms with Crippen LogP contribution >= 0.6 is 11.6 Å². The maximum absolute atomic E-state index is 14.4. The van der Waals surface area contributed by atoms with Crippen LogP contribution in [0, 0.1) is 0 Å². The number of rotatable bonds is 4. The molecule has 0 aliphatic carbocycles. The van der Waals surface area contributed by atoms with Crippen LogP contribution in [0.3, 0.4) is 0 Å². The number of para-hydroxylation sites is 1. The van der Waals surface area contributed by atoms with E-state index in [9.17, 15) is 18.4 Å². The smallest absolute Gasteiger partial charge is 0.326 e. The van der Waals surface area contributed by atoms with Gasteiger partial charge in [0, 0.05) is 17.6 Å². The van der Waals surface area contributed by atoms with Crippen LogP contribution in [-0.4, -0.2) is 11.8 Å². The number of hydrogen-bond acceptors (Lipinski definition) is 2. The number of nitrogens with one attached hydrogen (secondary N) is 2. The molecule has 2 aromatic rings. The van der Waals surface area contributed by atoms with E-state index in [-0.39, 0.29) is 11.4 Å². The topological polar surface area (TPSA) is 58.2 Å². The third-order valence-corrected chi connectivity index (χ3v) is 3.22. The van der Waals surface area contributed by atoms with E-state index in [1.54, 1.807) is 0 Å². The minimum absolute atomic E-state index is 0.115. The van der Waals surface area contributed by atoms with Crippen molar-refractivity contribution in [1.29, 1.82) is 0 Å². The van der Waals surface area contributed by atoms with Crippen molar-refractivity contribution < 1.29 is 18.4 Å². The molecule has 0 spiro atoms. The van der Waals surface area contributed by atoms with Crippen LogP contribution in [-0.2, 0) is 15.5 Å². The molecule has 0 bridgehead atoms. The van der Waals surface area contributed by atoms with Crippen molar-refractivity contribution in [1.82, 2.24) is 0 Å². The van der Waals surface area contributed by atoms with Crippen molar-refractivity contribution in [3.05, 3.63) is 59.1 Å². The molecule has 0 heterocycles. The second kappa shape index (κ2) is 6.75. The van der Waals surface area contributed by atoms with Gasteiger partial charge in [0.15, 0.2) is 0 Å². The number of benzene rings is 2. The summed E-state index contributed by atoms with van der Waals surface area (Å²) in [7, 11) is 0. The molecule has 0 saturated carbocycles. The zero-order valence-electron chi connectivity index (χ0n) is 12.1. The largest absolute Gasteiger partial charge is 0.352 e. The van der Waals surface area contributed by atoms with Gasteiger partial charge in [0.25, 0.3) is 5.91 Å². The number of carbonyl (C=O) groups excluding carboxylic acids is 2. The predicted molar refractivity (Wildman–Crippen MR) is 84.7 cm³/mol. The van der Waals surface area contributed by atoms with Gasteiger partial charge < -0.3 is 10.6 Å². The van der Waals surface area contributed by atoms with Crippen molar-refractivity contribution in [3.8, 4) is 0 Å². The molecule has 23 heavy (non-hydrogen) atoms. The number of hydrogen-bond donors (Lipinski definition) is 2. The molecule has 0 atom stereocenters. The molecule has 2 amide bonds. The highest BCUT2D eigenvalue weighted by molar-refractivity contribution is 6.30. The molecule has 0 fully saturated rings. The van der Waals surface area contributed by atoms with Gasteiger partial charge >= 0.3 is 5.92 Å². The highest BCUT2D eigenvalue weighted by atomic mass is 35.5. The molecule has 0 radical (unpaired) electrons. The van der Waals surface area contributed by atoms with Crippen molar-refractivity contribution in [2.75, 3.05) is 10.6 Å². The average Bonchev–Trinajstić information content (AvgIpc) is 2.49. The fourth-order valence-electron chi connectivity index (χ4n) is 1.92. The van der Waals surface area contributed by atoms with Gasteiger partial charge in [0.1, 0.15) is 0 Å². The average molecular weight is 339 g/mol. The van der Waals surface area contributed by atoms with Gasteiger partial charge in [-0.15, -0.1) is 0 Å². The Hall–Kier alpha value is -2.47. The molecular weight excluding hydrogens is 326 g/mol. The number of amides is 2. The highest BCUT2D eigenvalue weighted by Crippen LogP contribution is 2.34. The minimum Gasteiger partial charge on any atom is -0.326 e. The summed E-state index contributed by atoms with van der Waals surface area (Å²) in [6.07, 6.45) is 0. The summed E-state index contributed by atoms with van der Waals surface area (Å²) in [5, 5.41) is 4.84. The van der Waals surface area contributed by atoms with Crippen LogP contribution in [0.25, 0.3) is 0 Å². The second-order valence-corrected chi connectivity index (χ2v) is 5.20. The Morgan fingerprint density at radius 1 is 1.00 bits per heavy atom. The Morgan fingerprint density at radius 2 is 1.61 bits per heavy atom. The Balaban J connectivity index is 2.28. The van der Waals surface area contributed by atoms with Crippen LogP contribution < -0.4 is 10.6 Å². The van der Waals surface area contributed by atoms with Gasteiger partial charge in [-0.25, -0.2) is 0 Å². The Morgan fingerprint density at radius 3 is 2.22 bits per heavy atom. The lowest BCUT2D eigenvalue weighted by molar-refractivity contribution is -0.140. The van der Waals surface area contributed by atoms with E-state index in [0.717, 1.165) is 6.07 Å². The van der Waals surface area contributed by atoms with E-state index in [1.165, 1.54) is 49.4 Å². The lowest BCUT2D eigenvalue weighted by Crippen LogP contribution is -2.33. The molecule has 0 unspecified atom stereocenters. The van der Waals surface area contributed by atoms with Crippen LogP contribution in [0.5, 0.6) is 0 Å². The molecular formula is C16H13ClF2N2O2. The summed E-state index contributed by atoms with van der Waals surface area (Å²) < 4.78 is 28.9. The van der Waals surface area contributed by atoms with Gasteiger partial charge in [-0.1, -0.05) is 29.8 Å². The summed E-state index contributed by atoms with van der Waals surface area (Å²) in [5.74, 6) is -5.83. The first-order valence-electron chi connectivity index (χ1n) is 6.62. The van der Waals surface area contributed by atoms with E-state index in [2.05, 4.69) is 10.6 Å². The second-order valence-electron chi connectivity index (χ2n) is 4.76. The van der Waals surface area contributed by atoms with E-state index in [4.69, 9.17) is 11.6 Å². The van der Waals surface area contributed by atoms with E-state index in [0.29, 0.717) is 5.02 Å². The first kappa shape index (κ1) is 16.9. The molecule has 0 aliphatic rings. The lowest BCUT2D eigenvalue weighted by Gasteiger charge is -2.19. The molecule has 0 saturated heterocycles. The van der Waals surface area contributed by atoms with Crippen molar-refractivity contribution in [3.63, 3.8) is 0 Å². The van der Waals surface area contributed by atoms with E-state index < -0.39 is 23.3 Å². The molecule has 0 aliphatic heterocycles. The van der Waals surface area contributed by atoms with Crippen molar-refractivity contribution in [2.24, 2.45) is 0 Å². The first-order valence-corrected chi connectivity index (χ1v) is 7.00. The summed E-state index contributed by atoms with van der Waals surface area (Å²) in [5.41, 5.74) is -0.506. The molecule has 0 aromatic heterocycles. The van der Waals surface area contributed by atoms with Gasteiger partial charge in [0.2, 0.25) is 5.91 Å². The first-order chi connectivity index (χ1) is 10.8. The van der Waals surface area contributed by atoms with Gasteiger partial charge in [-0.05, 0) is 30.3 Å². The zero-order valence-corrected chi connectivity index (χ0v) is 12.8. The fraction of sp³-hybridized carbons (Fsp3) is 0.125. The standard InChI is InChI=1S/C16H13ClF2N2O2/c1-10(22)20-14-5-3-2-4-13(14)16(18,19)15(23)21-12-8-6-11(17)7-9-12/h2-9H,1H3,(H,20,22)(H,21,23). The summed E-state index contributed by atoms with van der Waals surface area (Å²) in [6, 6.07) is 11.0. The number of anilines is 2. The third-order valence-electron chi connectivity index (χ3n) is 2.96. The van der Waals surface area contributed by atoms with Crippen LogP contribution in [0.2, 0.25) is 5.02 Å². The summed E-state index contributed by atoms with van der Waals surface area (Å²) in [4.78, 5) is 23.1. The van der Waals surface area contributed by atoms with Crippen molar-refractivity contribution in [2.45, 2.75) is 12.8 Å². The highest BCUT2D eigenvalue weighted by Gasteiger charge is 2.42. The SMILES string of the molecule is CC(=O)Nc1ccccc1C(F)(F)C(=O)Nc1ccc(Cl)cc1. The lowest BCUT2D eigenvalue weighted by atomic mass is 10.0. The Kier molecular flexibility index (Phi) is 4.95. The maximum atomic E-state index is 14.4. The van der Waals surface area contributed by atoms with Crippen molar-refractivity contribution >= 4 is 34.8 Å². The molecule has 2 N–H and O–H groups in total. The molecule has 2 aromatic carbocycles. The zero-order chi connectivity index (χ0) is 17.0. The number of halogens is 3.